The number of alkyl halides is 6. The fraction of sp³-hybridized carbons (Fsp3) is 0.429. The molecule has 3 rings (SSSR count). The van der Waals surface area contributed by atoms with E-state index in [1.165, 1.54) is 13.0 Å². The van der Waals surface area contributed by atoms with Gasteiger partial charge in [0.25, 0.3) is 11.8 Å². The highest BCUT2D eigenvalue weighted by molar-refractivity contribution is 5.97. The number of ether oxygens (including phenoxy) is 2. The first-order valence-corrected chi connectivity index (χ1v) is 10.0. The Morgan fingerprint density at radius 3 is 2.37 bits per heavy atom. The van der Waals surface area contributed by atoms with E-state index >= 15 is 0 Å². The Hall–Kier alpha value is -3.42. The van der Waals surface area contributed by atoms with Crippen molar-refractivity contribution in [3.05, 3.63) is 47.4 Å². The summed E-state index contributed by atoms with van der Waals surface area (Å²) in [6.45, 7) is 1.92. The van der Waals surface area contributed by atoms with Crippen molar-refractivity contribution >= 4 is 17.5 Å². The molecule has 8 nitrogen and oxygen atoms in total. The van der Waals surface area contributed by atoms with Crippen molar-refractivity contribution in [2.24, 2.45) is 11.7 Å². The average Bonchev–Trinajstić information content (AvgIpc) is 3.04. The second-order valence-electron chi connectivity index (χ2n) is 8.03. The van der Waals surface area contributed by atoms with Crippen molar-refractivity contribution in [1.82, 2.24) is 9.97 Å². The van der Waals surface area contributed by atoms with Gasteiger partial charge in [0.05, 0.1) is 7.11 Å². The van der Waals surface area contributed by atoms with E-state index in [1.807, 2.05) is 0 Å². The Balaban J connectivity index is 2.07. The molecule has 3 heterocycles. The molecule has 190 valence electrons. The number of amides is 2. The molecule has 35 heavy (non-hydrogen) atoms. The van der Waals surface area contributed by atoms with Crippen molar-refractivity contribution in [2.45, 2.75) is 43.8 Å². The average molecular weight is 506 g/mol. The maximum atomic E-state index is 14.0. The van der Waals surface area contributed by atoms with Crippen LogP contribution in [0.3, 0.4) is 0 Å². The van der Waals surface area contributed by atoms with Crippen LogP contribution < -0.4 is 15.8 Å². The lowest BCUT2D eigenvalue weighted by molar-refractivity contribution is -0.272. The Labute approximate surface area is 194 Å². The molecule has 2 aromatic heterocycles. The second-order valence-corrected chi connectivity index (χ2v) is 8.03. The fourth-order valence-electron chi connectivity index (χ4n) is 3.91. The summed E-state index contributed by atoms with van der Waals surface area (Å²) in [5, 5.41) is 2.34. The molecule has 0 bridgehead atoms. The molecule has 14 heteroatoms. The summed E-state index contributed by atoms with van der Waals surface area (Å²) in [6.07, 6.45) is -10.4. The molecule has 0 saturated carbocycles. The van der Waals surface area contributed by atoms with Gasteiger partial charge in [0.2, 0.25) is 5.88 Å². The molecule has 2 amide bonds. The van der Waals surface area contributed by atoms with Crippen LogP contribution in [-0.2, 0) is 15.7 Å². The van der Waals surface area contributed by atoms with Crippen LogP contribution in [0.1, 0.15) is 41.5 Å². The lowest BCUT2D eigenvalue weighted by Crippen LogP contribution is -2.47. The maximum absolute atomic E-state index is 14.0. The normalized spacial score (nSPS) is 24.8. The number of hydrogen-bond donors (Lipinski definition) is 2. The third-order valence-electron chi connectivity index (χ3n) is 5.94. The predicted octanol–water partition coefficient (Wildman–Crippen LogP) is 3.68. The van der Waals surface area contributed by atoms with Crippen molar-refractivity contribution in [3.8, 4) is 5.88 Å². The van der Waals surface area contributed by atoms with E-state index in [4.69, 9.17) is 15.2 Å². The monoisotopic (exact) mass is 506 g/mol. The van der Waals surface area contributed by atoms with Crippen LogP contribution in [0.4, 0.5) is 32.0 Å². The van der Waals surface area contributed by atoms with Crippen LogP contribution in [0, 0.1) is 5.92 Å². The van der Waals surface area contributed by atoms with Gasteiger partial charge in [-0.2, -0.15) is 26.3 Å². The van der Waals surface area contributed by atoms with Gasteiger partial charge in [-0.15, -0.1) is 0 Å². The SMILES string of the molecule is COc1nc(C(F)(F)F)ccc1[C@H]1[C@@H](C)C(C)(C(F)(F)F)O[C@H]1C(=O)Nc1ccnc(C(N)=O)c1. The number of nitrogens with two attached hydrogens (primary N) is 1. The quantitative estimate of drug-likeness (QED) is 0.598. The minimum absolute atomic E-state index is 0.00748. The highest BCUT2D eigenvalue weighted by Crippen LogP contribution is 2.54. The van der Waals surface area contributed by atoms with E-state index in [2.05, 4.69) is 15.3 Å². The summed E-state index contributed by atoms with van der Waals surface area (Å²) in [5.41, 5.74) is 0.602. The van der Waals surface area contributed by atoms with E-state index in [9.17, 15) is 35.9 Å². The van der Waals surface area contributed by atoms with Gasteiger partial charge in [-0.3, -0.25) is 14.6 Å². The van der Waals surface area contributed by atoms with Gasteiger partial charge in [0.1, 0.15) is 17.5 Å². The second kappa shape index (κ2) is 8.98. The zero-order valence-corrected chi connectivity index (χ0v) is 18.5. The van der Waals surface area contributed by atoms with Gasteiger partial charge >= 0.3 is 12.4 Å². The number of carbonyl (C=O) groups excluding carboxylic acids is 2. The Morgan fingerprint density at radius 1 is 1.17 bits per heavy atom. The van der Waals surface area contributed by atoms with E-state index in [0.29, 0.717) is 6.07 Å². The van der Waals surface area contributed by atoms with Crippen LogP contribution in [0.15, 0.2) is 30.5 Å². The molecule has 1 unspecified atom stereocenters. The minimum Gasteiger partial charge on any atom is -0.481 e. The van der Waals surface area contributed by atoms with Gasteiger partial charge in [-0.05, 0) is 25.1 Å². The first-order valence-electron chi connectivity index (χ1n) is 10.0. The third-order valence-corrected chi connectivity index (χ3v) is 5.94. The zero-order chi connectivity index (χ0) is 26.3. The smallest absolute Gasteiger partial charge is 0.433 e. The number of nitrogens with zero attached hydrogens (tertiary/aromatic N) is 2. The summed E-state index contributed by atoms with van der Waals surface area (Å²) < 4.78 is 91.5. The Morgan fingerprint density at radius 2 is 1.83 bits per heavy atom. The van der Waals surface area contributed by atoms with Crippen LogP contribution in [0.5, 0.6) is 5.88 Å². The largest absolute Gasteiger partial charge is 0.481 e. The molecule has 0 spiro atoms. The summed E-state index contributed by atoms with van der Waals surface area (Å²) in [5.74, 6) is -5.38. The van der Waals surface area contributed by atoms with E-state index < -0.39 is 59.3 Å². The van der Waals surface area contributed by atoms with Gasteiger partial charge in [0, 0.05) is 29.3 Å². The van der Waals surface area contributed by atoms with Crippen molar-refractivity contribution in [3.63, 3.8) is 0 Å². The van der Waals surface area contributed by atoms with Crippen molar-refractivity contribution in [2.75, 3.05) is 12.4 Å². The number of primary amides is 1. The molecule has 1 aliphatic rings. The van der Waals surface area contributed by atoms with Crippen LogP contribution in [0.25, 0.3) is 0 Å². The Bertz CT molecular complexity index is 1140. The van der Waals surface area contributed by atoms with E-state index in [-0.39, 0.29) is 16.9 Å². The van der Waals surface area contributed by atoms with Gasteiger partial charge in [0.15, 0.2) is 5.60 Å². The number of rotatable bonds is 5. The highest BCUT2D eigenvalue weighted by Gasteiger charge is 2.66. The molecule has 3 N–H and O–H groups in total. The first-order chi connectivity index (χ1) is 16.1. The third kappa shape index (κ3) is 4.88. The van der Waals surface area contributed by atoms with Crippen molar-refractivity contribution in [1.29, 1.82) is 0 Å². The number of anilines is 1. The zero-order valence-electron chi connectivity index (χ0n) is 18.5. The summed E-state index contributed by atoms with van der Waals surface area (Å²) >= 11 is 0. The summed E-state index contributed by atoms with van der Waals surface area (Å²) in [4.78, 5) is 31.5. The fourth-order valence-corrected chi connectivity index (χ4v) is 3.91. The molecular formula is C21H20F6N4O4. The van der Waals surface area contributed by atoms with Gasteiger partial charge < -0.3 is 20.5 Å². The number of aromatic nitrogens is 2. The number of halogens is 6. The lowest BCUT2D eigenvalue weighted by atomic mass is 9.77. The van der Waals surface area contributed by atoms with Crippen LogP contribution in [-0.4, -0.2) is 46.8 Å². The van der Waals surface area contributed by atoms with Crippen LogP contribution in [0.2, 0.25) is 0 Å². The number of methoxy groups -OCH3 is 1. The van der Waals surface area contributed by atoms with Gasteiger partial charge in [-0.1, -0.05) is 13.0 Å². The maximum Gasteiger partial charge on any atom is 0.433 e. The standard InChI is InChI=1S/C21H20F6N4O4/c1-9-14(11-4-5-13(20(22,23)24)31-18(11)34-3)15(35-19(9,2)21(25,26)27)17(33)30-10-6-7-29-12(8-10)16(28)32/h4-9,14-15H,1-3H3,(H2,28,32)(H,29,30,33)/t9-,14-,15-,19?/m1/s1. The Kier molecular flexibility index (Phi) is 6.72. The highest BCUT2D eigenvalue weighted by atomic mass is 19.4. The first kappa shape index (κ1) is 26.2. The minimum atomic E-state index is -4.93. The predicted molar refractivity (Wildman–Crippen MR) is 108 cm³/mol. The molecule has 0 aromatic carbocycles. The number of carbonyl (C=O) groups is 2. The van der Waals surface area contributed by atoms with Crippen molar-refractivity contribution < 1.29 is 45.4 Å². The number of nitrogens with one attached hydrogen (secondary N) is 1. The molecule has 4 atom stereocenters. The molecular weight excluding hydrogens is 486 g/mol. The number of pyridine rings is 2. The van der Waals surface area contributed by atoms with Crippen LogP contribution >= 0.6 is 0 Å². The van der Waals surface area contributed by atoms with E-state index in [0.717, 1.165) is 32.4 Å². The molecule has 1 saturated heterocycles. The lowest BCUT2D eigenvalue weighted by Gasteiger charge is -2.31. The van der Waals surface area contributed by atoms with E-state index in [1.54, 1.807) is 0 Å². The summed E-state index contributed by atoms with van der Waals surface area (Å²) in [7, 11) is 1.01. The molecule has 2 aromatic rings. The molecule has 1 aliphatic heterocycles. The summed E-state index contributed by atoms with van der Waals surface area (Å²) in [6, 6.07) is 3.88. The van der Waals surface area contributed by atoms with Gasteiger partial charge in [-0.25, -0.2) is 4.98 Å². The topological polar surface area (TPSA) is 116 Å². The molecule has 1 fully saturated rings. The molecule has 0 radical (unpaired) electrons. The molecule has 0 aliphatic carbocycles. The number of hydrogen-bond acceptors (Lipinski definition) is 6.